The summed E-state index contributed by atoms with van der Waals surface area (Å²) in [5.41, 5.74) is 6.59. The van der Waals surface area contributed by atoms with Crippen LogP contribution in [-0.2, 0) is 0 Å². The van der Waals surface area contributed by atoms with E-state index >= 15 is 0 Å². The Balaban J connectivity index is 0.000000653. The first-order valence-electron chi connectivity index (χ1n) is 40.8. The van der Waals surface area contributed by atoms with Crippen LogP contribution in [0.5, 0.6) is 0 Å². The fourth-order valence-corrected chi connectivity index (χ4v) is 10.9. The van der Waals surface area contributed by atoms with E-state index in [2.05, 4.69) is 311 Å². The number of anilines is 6. The second-order valence-electron chi connectivity index (χ2n) is 27.8. The minimum atomic E-state index is 0.272. The second kappa shape index (κ2) is 53.6. The number of hydrogen-bond donors (Lipinski definition) is 6. The Kier molecular flexibility index (Phi) is 48.2. The van der Waals surface area contributed by atoms with Gasteiger partial charge in [-0.25, -0.2) is 79.7 Å². The first kappa shape index (κ1) is 101. The summed E-state index contributed by atoms with van der Waals surface area (Å²) in [6.07, 6.45) is 10.1. The Morgan fingerprint density at radius 1 is 0.268 bits per heavy atom. The highest BCUT2D eigenvalue weighted by Crippen LogP contribution is 2.31. The molecule has 0 bridgehead atoms. The quantitative estimate of drug-likeness (QED) is 0.0465. The molecule has 0 aromatic carbocycles. The molecule has 0 unspecified atom stereocenters. The predicted molar refractivity (Wildman–Crippen MR) is 485 cm³/mol. The summed E-state index contributed by atoms with van der Waals surface area (Å²) < 4.78 is 1.15. The number of hydrogen-bond acceptors (Lipinski definition) is 26. The van der Waals surface area contributed by atoms with Crippen LogP contribution in [0.15, 0.2) is 84.5 Å². The Labute approximate surface area is 680 Å². The third kappa shape index (κ3) is 32.8. The minimum absolute atomic E-state index is 0.272. The van der Waals surface area contributed by atoms with Gasteiger partial charge in [-0.3, -0.25) is 9.97 Å². The van der Waals surface area contributed by atoms with E-state index in [9.17, 15) is 0 Å². The zero-order valence-electron chi connectivity index (χ0n) is 74.9. The number of nitrogens with one attached hydrogen (secondary N) is 6. The number of fused-ring (bicyclic) bond motifs is 6. The topological polar surface area (TPSA) is 304 Å². The summed E-state index contributed by atoms with van der Waals surface area (Å²) in [6.45, 7) is 74.3. The van der Waals surface area contributed by atoms with Crippen LogP contribution in [0, 0.1) is 0 Å². The fraction of sp³-hybridized carbons (Fsp3) is 0.558. The van der Waals surface area contributed by atoms with Crippen molar-refractivity contribution in [1.82, 2.24) is 89.7 Å². The Morgan fingerprint density at radius 2 is 0.589 bits per heavy atom. The van der Waals surface area contributed by atoms with Crippen LogP contribution in [0.4, 0.5) is 34.9 Å². The van der Waals surface area contributed by atoms with Crippen LogP contribution in [0.2, 0.25) is 0 Å². The minimum Gasteiger partial charge on any atom is -0.367 e. The van der Waals surface area contributed by atoms with E-state index in [4.69, 9.17) is 0 Å². The van der Waals surface area contributed by atoms with Crippen molar-refractivity contribution in [1.29, 1.82) is 0 Å². The maximum absolute atomic E-state index is 4.60. The number of nitrogens with zero attached hydrogens (tertiary/aromatic N) is 18. The van der Waals surface area contributed by atoms with Crippen molar-refractivity contribution < 1.29 is 0 Å². The van der Waals surface area contributed by atoms with E-state index in [1.54, 1.807) is 53.7 Å². The standard InChI is InChI=1S/2C13H18N4.2C12H17N5.2C12H17N3S.6C2H6/c2*1-8(2)12-16-10-6-5-7-14-11(10)13(17-12)15-9(3)4;1-7(2)10-16-11-9(5-13-6-14-11)12(17-10)15-8(3)4;1-7(2)10-16-11-9(13-5-6-14-11)12(17-10)15-8(3)4;1-7(2)11-14-9-5-6-16-10(9)12(15-11)13-8(3)4;1-7(2)10-14-11(13-8(3)4)9-5-6-16-12(9)15-10;6*1-2/h2*5-9H,1-4H3,(H,15,16,17);5-8H,1-4H3,(H,13,14,15,16,17);5-8H,1-4H3,(H,14,15,16,17);2*5-8H,1-4H3,(H,13,14,15);6*1-2H3. The summed E-state index contributed by atoms with van der Waals surface area (Å²) in [5.74, 6) is 12.2. The molecule has 0 saturated carbocycles. The molecule has 12 heterocycles. The average molecular weight is 1570 g/mol. The second-order valence-corrected chi connectivity index (χ2v) is 29.6. The van der Waals surface area contributed by atoms with Crippen LogP contribution in [-0.4, -0.2) is 126 Å². The first-order chi connectivity index (χ1) is 53.5. The van der Waals surface area contributed by atoms with E-state index < -0.39 is 0 Å². The van der Waals surface area contributed by atoms with Crippen LogP contribution < -0.4 is 31.9 Å². The van der Waals surface area contributed by atoms with Crippen LogP contribution in [0.3, 0.4) is 0 Å². The number of aromatic nitrogens is 18. The van der Waals surface area contributed by atoms with Gasteiger partial charge in [0.2, 0.25) is 0 Å². The molecule has 0 aliphatic rings. The number of thiophene rings is 2. The number of pyridine rings is 2. The molecule has 0 aliphatic carbocycles. The lowest BCUT2D eigenvalue weighted by molar-refractivity contribution is 0.775. The zero-order chi connectivity index (χ0) is 85.1. The van der Waals surface area contributed by atoms with Crippen LogP contribution in [0.25, 0.3) is 64.7 Å². The molecular formula is C86H140N24S2. The molecule has 6 N–H and O–H groups in total. The van der Waals surface area contributed by atoms with Gasteiger partial charge in [-0.15, -0.1) is 22.7 Å². The van der Waals surface area contributed by atoms with Crippen molar-refractivity contribution in [3.8, 4) is 0 Å². The van der Waals surface area contributed by atoms with E-state index in [0.717, 1.165) is 123 Å². The molecule has 12 aromatic heterocycles. The van der Waals surface area contributed by atoms with E-state index in [-0.39, 0.29) is 11.8 Å². The summed E-state index contributed by atoms with van der Waals surface area (Å²) in [6, 6.07) is 13.9. The van der Waals surface area contributed by atoms with Gasteiger partial charge in [0.1, 0.15) is 80.1 Å². The molecule has 0 aliphatic heterocycles. The van der Waals surface area contributed by atoms with Gasteiger partial charge in [0.05, 0.1) is 32.0 Å². The molecule has 0 saturated heterocycles. The van der Waals surface area contributed by atoms with Gasteiger partial charge in [0, 0.05) is 103 Å². The molecule has 0 atom stereocenters. The third-order valence-electron chi connectivity index (χ3n) is 14.0. The third-order valence-corrected chi connectivity index (χ3v) is 15.7. The molecule has 112 heavy (non-hydrogen) atoms. The Hall–Kier alpha value is -9.30. The van der Waals surface area contributed by atoms with Gasteiger partial charge >= 0.3 is 0 Å². The first-order valence-corrected chi connectivity index (χ1v) is 42.5. The smallest absolute Gasteiger partial charge is 0.183 e. The van der Waals surface area contributed by atoms with Gasteiger partial charge in [0.25, 0.3) is 0 Å². The lowest BCUT2D eigenvalue weighted by atomic mass is 10.2. The monoisotopic (exact) mass is 1570 g/mol. The molecule has 616 valence electrons. The maximum atomic E-state index is 4.60. The highest BCUT2D eigenvalue weighted by atomic mass is 32.1. The van der Waals surface area contributed by atoms with Gasteiger partial charge in [-0.05, 0) is 130 Å². The largest absolute Gasteiger partial charge is 0.367 e. The lowest BCUT2D eigenvalue weighted by Gasteiger charge is -2.13. The molecule has 12 aromatic rings. The summed E-state index contributed by atoms with van der Waals surface area (Å²) in [4.78, 5) is 80.9. The average Bonchev–Trinajstić information content (AvgIpc) is 1.11. The number of rotatable bonds is 18. The van der Waals surface area contributed by atoms with Gasteiger partial charge < -0.3 is 31.9 Å². The van der Waals surface area contributed by atoms with E-state index in [0.29, 0.717) is 71.2 Å². The molecule has 0 spiro atoms. The Bertz CT molecular complexity index is 4070. The van der Waals surface area contributed by atoms with Gasteiger partial charge in [-0.1, -0.05) is 166 Å². The molecule has 0 radical (unpaired) electrons. The zero-order valence-corrected chi connectivity index (χ0v) is 76.5. The summed E-state index contributed by atoms with van der Waals surface area (Å²) in [5, 5.41) is 26.2. The normalized spacial score (nSPS) is 10.6. The van der Waals surface area contributed by atoms with Crippen molar-refractivity contribution >= 4 is 122 Å². The van der Waals surface area contributed by atoms with E-state index in [1.165, 1.54) is 6.33 Å². The van der Waals surface area contributed by atoms with Crippen molar-refractivity contribution in [2.24, 2.45) is 0 Å². The van der Waals surface area contributed by atoms with Crippen LogP contribution >= 0.6 is 22.7 Å². The molecular weight excluding hydrogens is 1430 g/mol. The molecule has 0 amide bonds. The summed E-state index contributed by atoms with van der Waals surface area (Å²) in [7, 11) is 0. The lowest BCUT2D eigenvalue weighted by Crippen LogP contribution is -2.14. The predicted octanol–water partition coefficient (Wildman–Crippen LogP) is 24.1. The van der Waals surface area contributed by atoms with Gasteiger partial charge in [0.15, 0.2) is 28.7 Å². The van der Waals surface area contributed by atoms with Crippen molar-refractivity contribution in [3.63, 3.8) is 0 Å². The van der Waals surface area contributed by atoms with Crippen molar-refractivity contribution in [2.75, 3.05) is 31.9 Å². The van der Waals surface area contributed by atoms with Crippen molar-refractivity contribution in [2.45, 2.75) is 321 Å². The van der Waals surface area contributed by atoms with Crippen LogP contribution in [0.1, 0.15) is 320 Å². The highest BCUT2D eigenvalue weighted by molar-refractivity contribution is 7.17. The van der Waals surface area contributed by atoms with Crippen molar-refractivity contribution in [3.05, 3.63) is 119 Å². The molecule has 12 rings (SSSR count). The molecule has 0 fully saturated rings. The SMILES string of the molecule is CC.CC.CC.CC.CC.CC.CC(C)Nc1nc(C(C)C)nc2cccnc12.CC(C)Nc1nc(C(C)C)nc2cccnc12.CC(C)Nc1nc(C(C)C)nc2ccsc12.CC(C)Nc1nc(C(C)C)nc2nccnc12.CC(C)Nc1nc(C(C)C)nc2ncncc12.CC(C)Nc1nc(C(C)C)nc2sccc12. The fourth-order valence-electron chi connectivity index (χ4n) is 9.30. The molecule has 26 heteroatoms. The van der Waals surface area contributed by atoms with Gasteiger partial charge in [-0.2, -0.15) is 0 Å². The van der Waals surface area contributed by atoms with E-state index in [1.807, 2.05) is 107 Å². The highest BCUT2D eigenvalue weighted by Gasteiger charge is 2.18. The maximum Gasteiger partial charge on any atom is 0.183 e. The molecule has 24 nitrogen and oxygen atoms in total. The summed E-state index contributed by atoms with van der Waals surface area (Å²) >= 11 is 3.36. The Morgan fingerprint density at radius 3 is 1.01 bits per heavy atom.